The summed E-state index contributed by atoms with van der Waals surface area (Å²) in [5, 5.41) is 0. The molecule has 28 heavy (non-hydrogen) atoms. The molecule has 0 saturated heterocycles. The smallest absolute Gasteiger partial charge is 0.151 e. The van der Waals surface area contributed by atoms with Crippen molar-refractivity contribution >= 4 is 16.7 Å². The summed E-state index contributed by atoms with van der Waals surface area (Å²) in [6, 6.07) is 11.1. The fourth-order valence-corrected chi connectivity index (χ4v) is 5.79. The van der Waals surface area contributed by atoms with Crippen molar-refractivity contribution in [3.8, 4) is 11.3 Å². The van der Waals surface area contributed by atoms with Crippen LogP contribution in [0.4, 0.5) is 10.1 Å². The average Bonchev–Trinajstić information content (AvgIpc) is 3.32. The number of nitrogens with zero attached hydrogens (tertiary/aromatic N) is 1. The number of fused-ring (bicyclic) bond motifs is 2. The number of anilines is 1. The fraction of sp³-hybridized carbons (Fsp3) is 0.435. The largest absolute Gasteiger partial charge is 0.399 e. The summed E-state index contributed by atoms with van der Waals surface area (Å²) in [5.74, 6) is 2.43. The van der Waals surface area contributed by atoms with E-state index in [1.54, 1.807) is 18.2 Å². The number of benzene rings is 1. The predicted molar refractivity (Wildman–Crippen MR) is 111 cm³/mol. The lowest BCUT2D eigenvalue weighted by molar-refractivity contribution is 0.310. The third kappa shape index (κ3) is 2.89. The molecule has 0 amide bonds. The Bertz CT molecular complexity index is 1010. The van der Waals surface area contributed by atoms with Gasteiger partial charge in [-0.3, -0.25) is 0 Å². The van der Waals surface area contributed by atoms with Crippen molar-refractivity contribution in [2.75, 3.05) is 5.73 Å². The highest BCUT2D eigenvalue weighted by molar-refractivity contribution is 5.80. The molecule has 3 aromatic rings. The lowest BCUT2D eigenvalue weighted by Gasteiger charge is -2.20. The van der Waals surface area contributed by atoms with Gasteiger partial charge in [-0.05, 0) is 61.1 Å². The molecule has 2 aliphatic carbocycles. The number of pyridine rings is 1. The molecule has 0 aliphatic heterocycles. The van der Waals surface area contributed by atoms with Crippen LogP contribution in [0.3, 0.4) is 0 Å². The van der Waals surface area contributed by atoms with Gasteiger partial charge >= 0.3 is 0 Å². The highest BCUT2D eigenvalue weighted by Crippen LogP contribution is 2.50. The Morgan fingerprint density at radius 2 is 1.96 bits per heavy atom. The Morgan fingerprint density at radius 3 is 2.75 bits per heavy atom. The van der Waals surface area contributed by atoms with E-state index in [0.29, 0.717) is 29.3 Å². The van der Waals surface area contributed by atoms with E-state index in [9.17, 15) is 4.39 Å². The molecule has 146 valence electrons. The van der Waals surface area contributed by atoms with Gasteiger partial charge in [-0.1, -0.05) is 25.5 Å². The molecule has 2 aliphatic rings. The first-order chi connectivity index (χ1) is 13.5. The highest BCUT2D eigenvalue weighted by Gasteiger charge is 2.47. The van der Waals surface area contributed by atoms with Crippen molar-refractivity contribution in [2.24, 2.45) is 29.4 Å². The number of hydrogen-bond donors (Lipinski definition) is 3. The van der Waals surface area contributed by atoms with E-state index < -0.39 is 0 Å². The minimum atomic E-state index is -0.321. The Kier molecular flexibility index (Phi) is 4.16. The minimum Gasteiger partial charge on any atom is -0.399 e. The van der Waals surface area contributed by atoms with Crippen molar-refractivity contribution in [3.05, 3.63) is 47.9 Å². The topological polar surface area (TPSA) is 80.7 Å². The maximum Gasteiger partial charge on any atom is 0.151 e. The summed E-state index contributed by atoms with van der Waals surface area (Å²) in [6.07, 6.45) is 4.65. The highest BCUT2D eigenvalue weighted by atomic mass is 19.1. The summed E-state index contributed by atoms with van der Waals surface area (Å²) in [6.45, 7) is 2.35. The number of nitrogens with one attached hydrogen (secondary N) is 1. The van der Waals surface area contributed by atoms with E-state index in [2.05, 4.69) is 23.0 Å². The molecule has 2 aromatic heterocycles. The van der Waals surface area contributed by atoms with Crippen LogP contribution in [0, 0.1) is 29.5 Å². The zero-order valence-electron chi connectivity index (χ0n) is 16.2. The molecule has 1 aromatic carbocycles. The molecule has 0 bridgehead atoms. The first-order valence-corrected chi connectivity index (χ1v) is 10.3. The van der Waals surface area contributed by atoms with Crippen molar-refractivity contribution < 1.29 is 4.39 Å². The van der Waals surface area contributed by atoms with E-state index in [0.717, 1.165) is 47.0 Å². The summed E-state index contributed by atoms with van der Waals surface area (Å²) in [5.41, 5.74) is 16.7. The van der Waals surface area contributed by atoms with Crippen LogP contribution in [-0.4, -0.2) is 16.0 Å². The van der Waals surface area contributed by atoms with Crippen molar-refractivity contribution in [1.29, 1.82) is 0 Å². The molecule has 5 heteroatoms. The van der Waals surface area contributed by atoms with E-state index in [4.69, 9.17) is 11.5 Å². The van der Waals surface area contributed by atoms with E-state index in [-0.39, 0.29) is 5.82 Å². The predicted octanol–water partition coefficient (Wildman–Crippen LogP) is 4.50. The molecule has 4 nitrogen and oxygen atoms in total. The number of rotatable bonds is 3. The van der Waals surface area contributed by atoms with Gasteiger partial charge in [-0.15, -0.1) is 0 Å². The van der Waals surface area contributed by atoms with Crippen molar-refractivity contribution in [2.45, 2.75) is 38.6 Å². The van der Waals surface area contributed by atoms with Gasteiger partial charge in [0.2, 0.25) is 0 Å². The first-order valence-electron chi connectivity index (χ1n) is 10.3. The first kappa shape index (κ1) is 17.7. The third-order valence-electron chi connectivity index (χ3n) is 7.06. The fourth-order valence-electron chi connectivity index (χ4n) is 5.79. The molecule has 2 fully saturated rings. The normalized spacial score (nSPS) is 29.5. The lowest BCUT2D eigenvalue weighted by atomic mass is 9.86. The monoisotopic (exact) mass is 378 g/mol. The van der Waals surface area contributed by atoms with Crippen LogP contribution in [0.2, 0.25) is 0 Å². The number of nitrogen functional groups attached to an aromatic ring is 1. The van der Waals surface area contributed by atoms with Crippen LogP contribution in [0.15, 0.2) is 36.4 Å². The van der Waals surface area contributed by atoms with Gasteiger partial charge in [-0.25, -0.2) is 9.37 Å². The maximum atomic E-state index is 14.7. The van der Waals surface area contributed by atoms with Crippen molar-refractivity contribution in [1.82, 2.24) is 9.97 Å². The second kappa shape index (κ2) is 6.59. The second-order valence-electron chi connectivity index (χ2n) is 8.83. The quantitative estimate of drug-likeness (QED) is 0.587. The zero-order valence-corrected chi connectivity index (χ0v) is 16.2. The van der Waals surface area contributed by atoms with Crippen LogP contribution < -0.4 is 11.5 Å². The van der Waals surface area contributed by atoms with Crippen LogP contribution in [0.1, 0.15) is 31.9 Å². The number of hydrogen-bond acceptors (Lipinski definition) is 3. The number of halogens is 1. The van der Waals surface area contributed by atoms with Crippen LogP contribution in [0.5, 0.6) is 0 Å². The summed E-state index contributed by atoms with van der Waals surface area (Å²) in [4.78, 5) is 7.99. The zero-order chi connectivity index (χ0) is 19.4. The van der Waals surface area contributed by atoms with E-state index in [1.807, 2.05) is 12.1 Å². The van der Waals surface area contributed by atoms with Gasteiger partial charge in [0.25, 0.3) is 0 Å². The standard InChI is InChI=1S/C23H27FN4/c1-12-2-7-17-14(9-19(26)22(12)17)8-16-10-20-21(27-16)11-18(24)23(28-20)13-3-5-15(25)6-4-13/h3-6,10-12,14,17,19,22,27H,2,7-9,25-26H2,1H3. The molecule has 0 spiro atoms. The van der Waals surface area contributed by atoms with Crippen LogP contribution >= 0.6 is 0 Å². The van der Waals surface area contributed by atoms with Crippen molar-refractivity contribution in [3.63, 3.8) is 0 Å². The van der Waals surface area contributed by atoms with Gasteiger partial charge in [0.05, 0.1) is 11.0 Å². The second-order valence-corrected chi connectivity index (χ2v) is 8.83. The molecule has 5 N–H and O–H groups in total. The molecule has 5 unspecified atom stereocenters. The molecular formula is C23H27FN4. The Morgan fingerprint density at radius 1 is 1.18 bits per heavy atom. The molecule has 5 atom stereocenters. The molecule has 5 rings (SSSR count). The molecule has 0 radical (unpaired) electrons. The number of aromatic nitrogens is 2. The van der Waals surface area contributed by atoms with Gasteiger partial charge in [-0.2, -0.15) is 0 Å². The minimum absolute atomic E-state index is 0.321. The Hall–Kier alpha value is -2.40. The SMILES string of the molecule is CC1CCC2C(Cc3cc4nc(-c5ccc(N)cc5)c(F)cc4[nH]3)CC(N)C12. The number of H-pyrrole nitrogens is 1. The molecule has 2 heterocycles. The van der Waals surface area contributed by atoms with E-state index >= 15 is 0 Å². The van der Waals surface area contributed by atoms with Crippen LogP contribution in [0.25, 0.3) is 22.3 Å². The van der Waals surface area contributed by atoms with Gasteiger partial charge < -0.3 is 16.5 Å². The number of nitrogens with two attached hydrogens (primary N) is 2. The number of aromatic amines is 1. The maximum absolute atomic E-state index is 14.7. The Balaban J connectivity index is 1.43. The molecule has 2 saturated carbocycles. The van der Waals surface area contributed by atoms with E-state index in [1.165, 1.54) is 12.8 Å². The van der Waals surface area contributed by atoms with Crippen LogP contribution in [-0.2, 0) is 6.42 Å². The summed E-state index contributed by atoms with van der Waals surface area (Å²) < 4.78 is 14.7. The Labute approximate surface area is 164 Å². The summed E-state index contributed by atoms with van der Waals surface area (Å²) >= 11 is 0. The van der Waals surface area contributed by atoms with Gasteiger partial charge in [0, 0.05) is 29.1 Å². The molecular weight excluding hydrogens is 351 g/mol. The average molecular weight is 378 g/mol. The third-order valence-corrected chi connectivity index (χ3v) is 7.06. The lowest BCUT2D eigenvalue weighted by Crippen LogP contribution is -2.28. The van der Waals surface area contributed by atoms with Gasteiger partial charge in [0.1, 0.15) is 5.69 Å². The summed E-state index contributed by atoms with van der Waals surface area (Å²) in [7, 11) is 0. The van der Waals surface area contributed by atoms with Gasteiger partial charge in [0.15, 0.2) is 5.82 Å².